The summed E-state index contributed by atoms with van der Waals surface area (Å²) in [5.74, 6) is -28.5. The van der Waals surface area contributed by atoms with Gasteiger partial charge in [-0.3, -0.25) is 0 Å². The lowest BCUT2D eigenvalue weighted by Gasteiger charge is -2.37. The molecule has 1 unspecified atom stereocenters. The van der Waals surface area contributed by atoms with Crippen LogP contribution in [-0.4, -0.2) is 41.6 Å². The quantitative estimate of drug-likeness (QED) is 0.470. The first kappa shape index (κ1) is 25.2. The van der Waals surface area contributed by atoms with Crippen LogP contribution in [0.1, 0.15) is 31.4 Å². The van der Waals surface area contributed by atoms with Gasteiger partial charge in [0, 0.05) is 12.0 Å². The molecule has 0 saturated heterocycles. The molecule has 0 radical (unpaired) electrons. The highest BCUT2D eigenvalue weighted by atomic mass is 19.4. The van der Waals surface area contributed by atoms with Crippen molar-refractivity contribution in [2.75, 3.05) is 6.61 Å². The van der Waals surface area contributed by atoms with E-state index in [2.05, 4.69) is 0 Å². The van der Waals surface area contributed by atoms with E-state index in [-0.39, 0.29) is 12.4 Å². The lowest BCUT2D eigenvalue weighted by atomic mass is 9.92. The molecule has 168 valence electrons. The van der Waals surface area contributed by atoms with Crippen LogP contribution in [0.2, 0.25) is 0 Å². The summed E-state index contributed by atoms with van der Waals surface area (Å²) in [6, 6.07) is 4.47. The van der Waals surface area contributed by atoms with Crippen molar-refractivity contribution in [1.29, 1.82) is 0 Å². The van der Waals surface area contributed by atoms with Gasteiger partial charge in [0.05, 0.1) is 12.7 Å². The fourth-order valence-corrected chi connectivity index (χ4v) is 2.19. The number of ether oxygens (including phenoxy) is 1. The Bertz CT molecular complexity index is 686. The zero-order valence-electron chi connectivity index (χ0n) is 14.5. The second kappa shape index (κ2) is 8.15. The third kappa shape index (κ3) is 4.53. The molecule has 0 bridgehead atoms. The third-order valence-corrected chi connectivity index (χ3v) is 3.79. The zero-order valence-corrected chi connectivity index (χ0v) is 14.5. The summed E-state index contributed by atoms with van der Waals surface area (Å²) < 4.78 is 148. The summed E-state index contributed by atoms with van der Waals surface area (Å²) in [6.07, 6.45) is -12.0. The van der Waals surface area contributed by atoms with Crippen LogP contribution >= 0.6 is 0 Å². The van der Waals surface area contributed by atoms with E-state index in [0.29, 0.717) is 6.42 Å². The van der Waals surface area contributed by atoms with Crippen molar-refractivity contribution in [1.82, 2.24) is 0 Å². The van der Waals surface area contributed by atoms with Crippen LogP contribution < -0.4 is 4.74 Å². The Labute approximate surface area is 157 Å². The molecule has 0 spiro atoms. The van der Waals surface area contributed by atoms with Gasteiger partial charge in [-0.2, -0.15) is 48.3 Å². The minimum Gasteiger partial charge on any atom is -0.493 e. The highest BCUT2D eigenvalue weighted by Gasteiger charge is 2.87. The zero-order chi connectivity index (χ0) is 22.9. The summed E-state index contributed by atoms with van der Waals surface area (Å²) >= 11 is 0. The van der Waals surface area contributed by atoms with E-state index in [4.69, 9.17) is 4.74 Å². The Morgan fingerprint density at radius 2 is 1.34 bits per heavy atom. The Hall–Kier alpha value is -1.79. The number of hydrogen-bond acceptors (Lipinski definition) is 2. The topological polar surface area (TPSA) is 29.5 Å². The van der Waals surface area contributed by atoms with Crippen molar-refractivity contribution >= 4 is 0 Å². The lowest BCUT2D eigenvalue weighted by Crippen LogP contribution is -2.66. The van der Waals surface area contributed by atoms with Gasteiger partial charge in [-0.1, -0.05) is 25.1 Å². The van der Waals surface area contributed by atoms with Crippen molar-refractivity contribution in [3.63, 3.8) is 0 Å². The molecule has 1 N–H and O–H groups in total. The van der Waals surface area contributed by atoms with Gasteiger partial charge in [0.15, 0.2) is 0 Å². The van der Waals surface area contributed by atoms with Crippen LogP contribution in [0.15, 0.2) is 24.3 Å². The van der Waals surface area contributed by atoms with Gasteiger partial charge in [-0.15, -0.1) is 0 Å². The predicted octanol–water partition coefficient (Wildman–Crippen LogP) is 6.00. The number of aliphatic hydroxyl groups excluding tert-OH is 1. The van der Waals surface area contributed by atoms with Gasteiger partial charge in [0.1, 0.15) is 5.75 Å². The number of halogens is 11. The SMILES string of the molecule is CCCOc1ccccc1C(O)CC(F)(F)C(F)(F)C(F)(F)C(F)(F)C(F)(F)F. The van der Waals surface area contributed by atoms with Crippen LogP contribution in [0.3, 0.4) is 0 Å². The molecular weight excluding hydrogens is 433 g/mol. The van der Waals surface area contributed by atoms with Crippen LogP contribution in [0.25, 0.3) is 0 Å². The summed E-state index contributed by atoms with van der Waals surface area (Å²) in [5.41, 5.74) is -0.567. The van der Waals surface area contributed by atoms with Gasteiger partial charge >= 0.3 is 29.9 Å². The van der Waals surface area contributed by atoms with E-state index in [9.17, 15) is 53.4 Å². The first-order chi connectivity index (χ1) is 12.9. The Kier molecular flexibility index (Phi) is 7.09. The molecule has 0 aromatic heterocycles. The number of hydrogen-bond donors (Lipinski definition) is 1. The molecule has 1 aromatic carbocycles. The van der Waals surface area contributed by atoms with Gasteiger partial charge in [-0.25, -0.2) is 0 Å². The summed E-state index contributed by atoms with van der Waals surface area (Å²) in [7, 11) is 0. The molecule has 1 rings (SSSR count). The molecule has 0 amide bonds. The fourth-order valence-electron chi connectivity index (χ4n) is 2.19. The highest BCUT2D eigenvalue weighted by Crippen LogP contribution is 2.58. The lowest BCUT2D eigenvalue weighted by molar-refractivity contribution is -0.423. The molecule has 1 atom stereocenters. The number of para-hydroxylation sites is 1. The molecule has 1 aromatic rings. The standard InChI is InChI=1S/C16H15F11O2/c1-2-7-29-11-6-4-3-5-9(11)10(28)8-12(17,18)13(19,20)14(21,22)15(23,24)16(25,26)27/h3-6,10,28H,2,7-8H2,1H3. The maximum Gasteiger partial charge on any atom is 0.460 e. The molecule has 29 heavy (non-hydrogen) atoms. The number of alkyl halides is 11. The van der Waals surface area contributed by atoms with E-state index in [1.165, 1.54) is 6.07 Å². The monoisotopic (exact) mass is 448 g/mol. The second-order valence-corrected chi connectivity index (χ2v) is 6.03. The molecular formula is C16H15F11O2. The molecule has 0 saturated carbocycles. The maximum absolute atomic E-state index is 13.8. The van der Waals surface area contributed by atoms with Crippen LogP contribution in [0, 0.1) is 0 Å². The number of aliphatic hydroxyl groups is 1. The number of benzene rings is 1. The molecule has 13 heteroatoms. The van der Waals surface area contributed by atoms with E-state index < -0.39 is 48.0 Å². The minimum absolute atomic E-state index is 0.00778. The first-order valence-electron chi connectivity index (χ1n) is 7.91. The normalized spacial score (nSPS) is 15.3. The maximum atomic E-state index is 13.8. The summed E-state index contributed by atoms with van der Waals surface area (Å²) in [5, 5.41) is 9.78. The molecule has 0 aliphatic heterocycles. The van der Waals surface area contributed by atoms with Crippen molar-refractivity contribution in [3.05, 3.63) is 29.8 Å². The van der Waals surface area contributed by atoms with Crippen molar-refractivity contribution in [2.45, 2.75) is 55.7 Å². The molecule has 0 fully saturated rings. The van der Waals surface area contributed by atoms with Crippen LogP contribution in [0.5, 0.6) is 5.75 Å². The smallest absolute Gasteiger partial charge is 0.460 e. The van der Waals surface area contributed by atoms with Crippen LogP contribution in [0.4, 0.5) is 48.3 Å². The van der Waals surface area contributed by atoms with Crippen molar-refractivity contribution < 1.29 is 58.1 Å². The molecule has 2 nitrogen and oxygen atoms in total. The average Bonchev–Trinajstić information content (AvgIpc) is 2.58. The van der Waals surface area contributed by atoms with Gasteiger partial charge in [0.25, 0.3) is 0 Å². The van der Waals surface area contributed by atoms with E-state index in [1.807, 2.05) is 0 Å². The molecule has 0 aliphatic carbocycles. The Morgan fingerprint density at radius 3 is 1.83 bits per heavy atom. The van der Waals surface area contributed by atoms with Crippen LogP contribution in [-0.2, 0) is 0 Å². The second-order valence-electron chi connectivity index (χ2n) is 6.03. The van der Waals surface area contributed by atoms with E-state index >= 15 is 0 Å². The molecule has 0 aliphatic rings. The van der Waals surface area contributed by atoms with E-state index in [0.717, 1.165) is 18.2 Å². The molecule has 0 heterocycles. The largest absolute Gasteiger partial charge is 0.493 e. The first-order valence-corrected chi connectivity index (χ1v) is 7.91. The predicted molar refractivity (Wildman–Crippen MR) is 77.6 cm³/mol. The summed E-state index contributed by atoms with van der Waals surface area (Å²) in [4.78, 5) is 0. The van der Waals surface area contributed by atoms with Crippen molar-refractivity contribution in [2.24, 2.45) is 0 Å². The van der Waals surface area contributed by atoms with Gasteiger partial charge in [0.2, 0.25) is 0 Å². The number of rotatable bonds is 9. The van der Waals surface area contributed by atoms with Gasteiger partial charge in [-0.05, 0) is 12.5 Å². The average molecular weight is 448 g/mol. The van der Waals surface area contributed by atoms with Crippen molar-refractivity contribution in [3.8, 4) is 5.75 Å². The van der Waals surface area contributed by atoms with Gasteiger partial charge < -0.3 is 9.84 Å². The fraction of sp³-hybridized carbons (Fsp3) is 0.625. The minimum atomic E-state index is -7.50. The highest BCUT2D eigenvalue weighted by molar-refractivity contribution is 5.35. The summed E-state index contributed by atoms with van der Waals surface area (Å²) in [6.45, 7) is 1.63. The van der Waals surface area contributed by atoms with E-state index in [1.54, 1.807) is 6.92 Å². The Balaban J connectivity index is 3.25. The Morgan fingerprint density at radius 1 is 0.828 bits per heavy atom. The third-order valence-electron chi connectivity index (χ3n) is 3.79.